The second-order valence-corrected chi connectivity index (χ2v) is 9.41. The molecule has 0 unspecified atom stereocenters. The maximum absolute atomic E-state index is 12.8. The van der Waals surface area contributed by atoms with Crippen LogP contribution in [0.3, 0.4) is 0 Å². The summed E-state index contributed by atoms with van der Waals surface area (Å²) >= 11 is 0. The molecule has 1 saturated carbocycles. The summed E-state index contributed by atoms with van der Waals surface area (Å²) in [6.45, 7) is 9.22. The topological polar surface area (TPSA) is 59.1 Å². The average molecular weight is 422 g/mol. The molecule has 0 aromatic heterocycles. The fraction of sp³-hybridized carbons (Fsp3) is 0.826. The number of fused-ring (bicyclic) bond motifs is 1. The first-order valence-electron chi connectivity index (χ1n) is 11.6. The lowest BCUT2D eigenvalue weighted by Gasteiger charge is -2.47. The van der Waals surface area contributed by atoms with Crippen LogP contribution in [0, 0.1) is 5.92 Å². The number of Topliss-reactive ketones (excluding diaryl/α,β-unsaturated/α-hetero) is 1. The van der Waals surface area contributed by atoms with Crippen molar-refractivity contribution in [3.05, 3.63) is 11.6 Å². The van der Waals surface area contributed by atoms with Crippen molar-refractivity contribution in [1.82, 2.24) is 24.9 Å². The SMILES string of the molecule is CCCN1C[C@@H](NC(=O)N(CC)CCN(C)C)C[C@@H]2CC(=O)C(=CCN(C)C)C[C@H]21. The Bertz CT molecular complexity index is 604. The largest absolute Gasteiger partial charge is 0.334 e. The van der Waals surface area contributed by atoms with E-state index in [0.29, 0.717) is 30.7 Å². The molecule has 1 aliphatic carbocycles. The third-order valence-electron chi connectivity index (χ3n) is 6.32. The fourth-order valence-corrected chi connectivity index (χ4v) is 4.67. The predicted molar refractivity (Wildman–Crippen MR) is 123 cm³/mol. The minimum absolute atomic E-state index is 0.0213. The van der Waals surface area contributed by atoms with Crippen LogP contribution in [0.5, 0.6) is 0 Å². The van der Waals surface area contributed by atoms with E-state index in [-0.39, 0.29) is 12.1 Å². The molecule has 2 amide bonds. The zero-order chi connectivity index (χ0) is 22.3. The van der Waals surface area contributed by atoms with E-state index >= 15 is 0 Å². The number of carbonyl (C=O) groups is 2. The summed E-state index contributed by atoms with van der Waals surface area (Å²) in [5, 5.41) is 3.28. The normalized spacial score (nSPS) is 26.3. The van der Waals surface area contributed by atoms with Crippen LogP contribution in [-0.4, -0.2) is 111 Å². The smallest absolute Gasteiger partial charge is 0.317 e. The second-order valence-electron chi connectivity index (χ2n) is 9.41. The van der Waals surface area contributed by atoms with Crippen LogP contribution in [-0.2, 0) is 4.79 Å². The molecule has 1 N–H and O–H groups in total. The minimum Gasteiger partial charge on any atom is -0.334 e. The van der Waals surface area contributed by atoms with Crippen LogP contribution in [0.1, 0.15) is 39.5 Å². The molecule has 172 valence electrons. The predicted octanol–water partition coefficient (Wildman–Crippen LogP) is 1.90. The van der Waals surface area contributed by atoms with E-state index in [1.54, 1.807) is 0 Å². The van der Waals surface area contributed by atoms with Gasteiger partial charge in [0.1, 0.15) is 0 Å². The van der Waals surface area contributed by atoms with E-state index < -0.39 is 0 Å². The van der Waals surface area contributed by atoms with Gasteiger partial charge in [0, 0.05) is 51.2 Å². The Kier molecular flexibility index (Phi) is 9.78. The average Bonchev–Trinajstić information content (AvgIpc) is 2.66. The first-order chi connectivity index (χ1) is 14.2. The van der Waals surface area contributed by atoms with Crippen LogP contribution in [0.2, 0.25) is 0 Å². The lowest BCUT2D eigenvalue weighted by molar-refractivity contribution is -0.119. The Morgan fingerprint density at radius 2 is 1.87 bits per heavy atom. The molecular formula is C23H43N5O2. The fourth-order valence-electron chi connectivity index (χ4n) is 4.67. The van der Waals surface area contributed by atoms with Gasteiger partial charge in [0.15, 0.2) is 5.78 Å². The molecule has 2 aliphatic rings. The molecule has 1 saturated heterocycles. The Morgan fingerprint density at radius 1 is 1.13 bits per heavy atom. The number of hydrogen-bond acceptors (Lipinski definition) is 5. The quantitative estimate of drug-likeness (QED) is 0.576. The number of carbonyl (C=O) groups excluding carboxylic acids is 2. The molecule has 7 heteroatoms. The van der Waals surface area contributed by atoms with E-state index in [1.165, 1.54) is 0 Å². The Morgan fingerprint density at radius 3 is 2.47 bits per heavy atom. The van der Waals surface area contributed by atoms with Crippen molar-refractivity contribution in [2.75, 3.05) is 67.5 Å². The number of hydrogen-bond donors (Lipinski definition) is 1. The van der Waals surface area contributed by atoms with E-state index in [4.69, 9.17) is 0 Å². The van der Waals surface area contributed by atoms with Gasteiger partial charge < -0.3 is 20.0 Å². The molecule has 0 aromatic carbocycles. The highest BCUT2D eigenvalue weighted by Gasteiger charge is 2.41. The zero-order valence-corrected chi connectivity index (χ0v) is 20.0. The van der Waals surface area contributed by atoms with Gasteiger partial charge in [-0.15, -0.1) is 0 Å². The summed E-state index contributed by atoms with van der Waals surface area (Å²) in [5.74, 6) is 0.624. The van der Waals surface area contributed by atoms with Crippen molar-refractivity contribution in [3.8, 4) is 0 Å². The molecule has 0 bridgehead atoms. The molecule has 2 rings (SSSR count). The number of likely N-dealkylation sites (tertiary alicyclic amines) is 1. The maximum atomic E-state index is 12.8. The number of nitrogens with zero attached hydrogens (tertiary/aromatic N) is 4. The molecule has 0 aromatic rings. The minimum atomic E-state index is 0.0213. The van der Waals surface area contributed by atoms with Crippen molar-refractivity contribution in [2.45, 2.75) is 51.6 Å². The molecule has 2 fully saturated rings. The van der Waals surface area contributed by atoms with Gasteiger partial charge in [-0.05, 0) is 72.4 Å². The molecule has 1 heterocycles. The summed E-state index contributed by atoms with van der Waals surface area (Å²) in [4.78, 5) is 34.2. The van der Waals surface area contributed by atoms with E-state index in [9.17, 15) is 9.59 Å². The van der Waals surface area contributed by atoms with Gasteiger partial charge in [-0.1, -0.05) is 13.0 Å². The summed E-state index contributed by atoms with van der Waals surface area (Å²) in [7, 11) is 8.11. The van der Waals surface area contributed by atoms with Gasteiger partial charge in [0.2, 0.25) is 0 Å². The molecular weight excluding hydrogens is 378 g/mol. The highest BCUT2D eigenvalue weighted by Crippen LogP contribution is 2.36. The monoisotopic (exact) mass is 421 g/mol. The van der Waals surface area contributed by atoms with Crippen LogP contribution < -0.4 is 5.32 Å². The van der Waals surface area contributed by atoms with Gasteiger partial charge in [0.25, 0.3) is 0 Å². The Hall–Kier alpha value is -1.44. The van der Waals surface area contributed by atoms with E-state index in [2.05, 4.69) is 33.0 Å². The third-order valence-corrected chi connectivity index (χ3v) is 6.32. The van der Waals surface area contributed by atoms with Gasteiger partial charge in [-0.2, -0.15) is 0 Å². The number of amides is 2. The number of likely N-dealkylation sites (N-methyl/N-ethyl adjacent to an activating group) is 3. The zero-order valence-electron chi connectivity index (χ0n) is 20.0. The van der Waals surface area contributed by atoms with Crippen molar-refractivity contribution < 1.29 is 9.59 Å². The second kappa shape index (κ2) is 11.8. The van der Waals surface area contributed by atoms with Crippen molar-refractivity contribution in [2.24, 2.45) is 5.92 Å². The summed E-state index contributed by atoms with van der Waals surface area (Å²) in [5.41, 5.74) is 0.995. The third kappa shape index (κ3) is 7.06. The van der Waals surface area contributed by atoms with Gasteiger partial charge in [-0.25, -0.2) is 4.79 Å². The van der Waals surface area contributed by atoms with Crippen molar-refractivity contribution >= 4 is 11.8 Å². The summed E-state index contributed by atoms with van der Waals surface area (Å²) in [6.07, 6.45) is 5.55. The molecule has 0 spiro atoms. The Labute approximate surface area is 183 Å². The Balaban J connectivity index is 2.04. The molecule has 30 heavy (non-hydrogen) atoms. The van der Waals surface area contributed by atoms with Crippen LogP contribution in [0.4, 0.5) is 4.79 Å². The van der Waals surface area contributed by atoms with Gasteiger partial charge >= 0.3 is 6.03 Å². The molecule has 3 atom stereocenters. The summed E-state index contributed by atoms with van der Waals surface area (Å²) < 4.78 is 0. The van der Waals surface area contributed by atoms with E-state index in [0.717, 1.165) is 57.6 Å². The van der Waals surface area contributed by atoms with Crippen molar-refractivity contribution in [1.29, 1.82) is 0 Å². The van der Waals surface area contributed by atoms with Crippen molar-refractivity contribution in [3.63, 3.8) is 0 Å². The number of ketones is 1. The lowest BCUT2D eigenvalue weighted by Crippen LogP contribution is -2.59. The van der Waals surface area contributed by atoms with E-state index in [1.807, 2.05) is 40.0 Å². The lowest BCUT2D eigenvalue weighted by atomic mass is 9.74. The highest BCUT2D eigenvalue weighted by atomic mass is 16.2. The maximum Gasteiger partial charge on any atom is 0.317 e. The van der Waals surface area contributed by atoms with Gasteiger partial charge in [0.05, 0.1) is 0 Å². The highest BCUT2D eigenvalue weighted by molar-refractivity contribution is 5.96. The summed E-state index contributed by atoms with van der Waals surface area (Å²) in [6, 6.07) is 0.548. The molecule has 0 radical (unpaired) electrons. The van der Waals surface area contributed by atoms with Gasteiger partial charge in [-0.3, -0.25) is 9.69 Å². The molecule has 1 aliphatic heterocycles. The van der Waals surface area contributed by atoms with Crippen LogP contribution in [0.15, 0.2) is 11.6 Å². The standard InChI is InChI=1S/C23H43N5O2/c1-7-10-28-17-20(24-23(30)27(8-2)13-12-26(5)6)14-19-16-22(29)18(15-21(19)28)9-11-25(3)4/h9,19-21H,7-8,10-17H2,1-6H3,(H,24,30)/t19-,20+,21-/m1/s1. The van der Waals surface area contributed by atoms with Crippen LogP contribution in [0.25, 0.3) is 0 Å². The first-order valence-corrected chi connectivity index (χ1v) is 11.6. The molecule has 7 nitrogen and oxygen atoms in total. The number of urea groups is 1. The number of piperidine rings is 1. The van der Waals surface area contributed by atoms with Crippen LogP contribution >= 0.6 is 0 Å². The number of rotatable bonds is 9. The first kappa shape index (κ1) is 24.8. The number of nitrogens with one attached hydrogen (secondary N) is 1.